The van der Waals surface area contributed by atoms with E-state index in [9.17, 15) is 13.2 Å². The molecule has 0 aromatic carbocycles. The molecule has 0 radical (unpaired) electrons. The van der Waals surface area contributed by atoms with Gasteiger partial charge in [0.1, 0.15) is 4.21 Å². The summed E-state index contributed by atoms with van der Waals surface area (Å²) in [4.78, 5) is 14.1. The second-order valence-corrected chi connectivity index (χ2v) is 8.87. The van der Waals surface area contributed by atoms with Gasteiger partial charge in [-0.15, -0.1) is 11.3 Å². The fourth-order valence-corrected chi connectivity index (χ4v) is 5.49. The van der Waals surface area contributed by atoms with Crippen molar-refractivity contribution < 1.29 is 17.9 Å². The number of nitrogens with zero attached hydrogens (tertiary/aromatic N) is 1. The number of morpholine rings is 1. The quantitative estimate of drug-likeness (QED) is 0.891. The highest BCUT2D eigenvalue weighted by atomic mass is 32.2. The van der Waals surface area contributed by atoms with Crippen LogP contribution >= 0.6 is 11.3 Å². The van der Waals surface area contributed by atoms with E-state index >= 15 is 0 Å². The van der Waals surface area contributed by atoms with Gasteiger partial charge in [0.25, 0.3) is 5.91 Å². The highest BCUT2D eigenvalue weighted by Crippen LogP contribution is 2.24. The summed E-state index contributed by atoms with van der Waals surface area (Å²) in [6.07, 6.45) is 5.10. The predicted octanol–water partition coefficient (Wildman–Crippen LogP) is 1.83. The SMILES string of the molecule is O=C(c1csc(S(=O)(=O)NC2CCCCC2)c1)N1CCOCC1. The monoisotopic (exact) mass is 358 g/mol. The minimum Gasteiger partial charge on any atom is -0.378 e. The summed E-state index contributed by atoms with van der Waals surface area (Å²) >= 11 is 1.11. The smallest absolute Gasteiger partial charge is 0.254 e. The average molecular weight is 358 g/mol. The van der Waals surface area contributed by atoms with Gasteiger partial charge < -0.3 is 9.64 Å². The molecule has 23 heavy (non-hydrogen) atoms. The van der Waals surface area contributed by atoms with Gasteiger partial charge >= 0.3 is 0 Å². The van der Waals surface area contributed by atoms with Crippen LogP contribution in [0.2, 0.25) is 0 Å². The Kier molecular flexibility index (Phi) is 5.35. The second kappa shape index (κ2) is 7.29. The average Bonchev–Trinajstić information content (AvgIpc) is 3.06. The first kappa shape index (κ1) is 16.9. The summed E-state index contributed by atoms with van der Waals surface area (Å²) < 4.78 is 33.2. The molecule has 1 aliphatic carbocycles. The van der Waals surface area contributed by atoms with Crippen LogP contribution in [-0.4, -0.2) is 51.6 Å². The maximum Gasteiger partial charge on any atom is 0.254 e. The Hall–Kier alpha value is -0.960. The summed E-state index contributed by atoms with van der Waals surface area (Å²) in [6, 6.07) is 1.52. The highest BCUT2D eigenvalue weighted by molar-refractivity contribution is 7.91. The molecule has 0 unspecified atom stereocenters. The van der Waals surface area contributed by atoms with Crippen molar-refractivity contribution in [1.82, 2.24) is 9.62 Å². The molecule has 1 saturated heterocycles. The van der Waals surface area contributed by atoms with E-state index in [2.05, 4.69) is 4.72 Å². The molecule has 1 aromatic heterocycles. The van der Waals surface area contributed by atoms with Crippen molar-refractivity contribution in [3.05, 3.63) is 17.0 Å². The lowest BCUT2D eigenvalue weighted by Crippen LogP contribution is -2.40. The van der Waals surface area contributed by atoms with E-state index < -0.39 is 10.0 Å². The molecule has 6 nitrogen and oxygen atoms in total. The Labute approximate surface area is 140 Å². The lowest BCUT2D eigenvalue weighted by Gasteiger charge is -2.26. The second-order valence-electron chi connectivity index (χ2n) is 6.02. The van der Waals surface area contributed by atoms with Crippen molar-refractivity contribution in [2.45, 2.75) is 42.4 Å². The number of amides is 1. The van der Waals surface area contributed by atoms with Gasteiger partial charge in [0, 0.05) is 24.5 Å². The summed E-state index contributed by atoms with van der Waals surface area (Å²) in [5.41, 5.74) is 0.445. The maximum absolute atomic E-state index is 12.5. The maximum atomic E-state index is 12.5. The van der Waals surface area contributed by atoms with Crippen molar-refractivity contribution in [3.63, 3.8) is 0 Å². The summed E-state index contributed by atoms with van der Waals surface area (Å²) in [7, 11) is -3.53. The van der Waals surface area contributed by atoms with Crippen LogP contribution in [0.25, 0.3) is 0 Å². The Balaban J connectivity index is 1.68. The van der Waals surface area contributed by atoms with Crippen LogP contribution in [0.3, 0.4) is 0 Å². The Morgan fingerprint density at radius 1 is 1.22 bits per heavy atom. The molecule has 0 atom stereocenters. The first-order valence-corrected chi connectivity index (χ1v) is 10.4. The molecular formula is C15H22N2O4S2. The number of hydrogen-bond acceptors (Lipinski definition) is 5. The van der Waals surface area contributed by atoms with Crippen LogP contribution in [0.5, 0.6) is 0 Å². The van der Waals surface area contributed by atoms with Crippen molar-refractivity contribution >= 4 is 27.3 Å². The van der Waals surface area contributed by atoms with Gasteiger partial charge in [0.15, 0.2) is 0 Å². The number of hydrogen-bond donors (Lipinski definition) is 1. The van der Waals surface area contributed by atoms with Crippen molar-refractivity contribution in [2.75, 3.05) is 26.3 Å². The normalized spacial score (nSPS) is 20.6. The number of carbonyl (C=O) groups is 1. The Morgan fingerprint density at radius 3 is 2.61 bits per heavy atom. The number of nitrogens with one attached hydrogen (secondary N) is 1. The van der Waals surface area contributed by atoms with E-state index in [0.717, 1.165) is 37.0 Å². The molecular weight excluding hydrogens is 336 g/mol. The molecule has 1 aliphatic heterocycles. The zero-order valence-corrected chi connectivity index (χ0v) is 14.6. The van der Waals surface area contributed by atoms with Gasteiger partial charge in [0.2, 0.25) is 10.0 Å². The highest BCUT2D eigenvalue weighted by Gasteiger charge is 2.26. The molecule has 1 saturated carbocycles. The summed E-state index contributed by atoms with van der Waals surface area (Å²) in [5, 5.41) is 1.63. The van der Waals surface area contributed by atoms with Crippen LogP contribution < -0.4 is 4.72 Å². The van der Waals surface area contributed by atoms with E-state index in [1.165, 1.54) is 12.5 Å². The molecule has 2 heterocycles. The van der Waals surface area contributed by atoms with E-state index in [1.54, 1.807) is 10.3 Å². The van der Waals surface area contributed by atoms with Crippen molar-refractivity contribution in [2.24, 2.45) is 0 Å². The minimum absolute atomic E-state index is 0.0224. The number of thiophene rings is 1. The Bertz CT molecular complexity index is 644. The van der Waals surface area contributed by atoms with Gasteiger partial charge in [-0.3, -0.25) is 4.79 Å². The topological polar surface area (TPSA) is 75.7 Å². The van der Waals surface area contributed by atoms with Gasteiger partial charge in [-0.2, -0.15) is 0 Å². The third-order valence-corrected chi connectivity index (χ3v) is 7.27. The molecule has 8 heteroatoms. The van der Waals surface area contributed by atoms with E-state index in [4.69, 9.17) is 4.74 Å². The third kappa shape index (κ3) is 4.12. The molecule has 1 amide bonds. The summed E-state index contributed by atoms with van der Waals surface area (Å²) in [6.45, 7) is 2.17. The molecule has 3 rings (SSSR count). The predicted molar refractivity (Wildman–Crippen MR) is 88.2 cm³/mol. The number of ether oxygens (including phenoxy) is 1. The third-order valence-electron chi connectivity index (χ3n) is 4.31. The van der Waals surface area contributed by atoms with E-state index in [1.807, 2.05) is 0 Å². The first-order valence-electron chi connectivity index (χ1n) is 8.04. The van der Waals surface area contributed by atoms with Crippen LogP contribution in [0.4, 0.5) is 0 Å². The Morgan fingerprint density at radius 2 is 1.91 bits per heavy atom. The molecule has 128 valence electrons. The van der Waals surface area contributed by atoms with Gasteiger partial charge in [-0.05, 0) is 18.9 Å². The lowest BCUT2D eigenvalue weighted by molar-refractivity contribution is 0.0303. The van der Waals surface area contributed by atoms with Crippen molar-refractivity contribution in [1.29, 1.82) is 0 Å². The lowest BCUT2D eigenvalue weighted by atomic mass is 9.96. The fraction of sp³-hybridized carbons (Fsp3) is 0.667. The molecule has 2 aliphatic rings. The van der Waals surface area contributed by atoms with Gasteiger partial charge in [-0.1, -0.05) is 19.3 Å². The van der Waals surface area contributed by atoms with Crippen LogP contribution in [0.15, 0.2) is 15.7 Å². The molecule has 0 spiro atoms. The zero-order valence-electron chi connectivity index (χ0n) is 13.0. The van der Waals surface area contributed by atoms with Crippen LogP contribution in [-0.2, 0) is 14.8 Å². The van der Waals surface area contributed by atoms with Gasteiger partial charge in [-0.25, -0.2) is 13.1 Å². The largest absolute Gasteiger partial charge is 0.378 e. The summed E-state index contributed by atoms with van der Waals surface area (Å²) in [5.74, 6) is -0.122. The van der Waals surface area contributed by atoms with Crippen molar-refractivity contribution in [3.8, 4) is 0 Å². The van der Waals surface area contributed by atoms with E-state index in [0.29, 0.717) is 31.9 Å². The number of carbonyl (C=O) groups excluding carboxylic acids is 1. The molecule has 0 bridgehead atoms. The number of rotatable bonds is 4. The minimum atomic E-state index is -3.53. The van der Waals surface area contributed by atoms with E-state index in [-0.39, 0.29) is 16.2 Å². The van der Waals surface area contributed by atoms with Gasteiger partial charge in [0.05, 0.1) is 18.8 Å². The molecule has 1 N–H and O–H groups in total. The zero-order chi connectivity index (χ0) is 16.3. The van der Waals surface area contributed by atoms with Crippen LogP contribution in [0.1, 0.15) is 42.5 Å². The fourth-order valence-electron chi connectivity index (χ4n) is 3.02. The molecule has 1 aromatic rings. The first-order chi connectivity index (χ1) is 11.1. The van der Waals surface area contributed by atoms with Crippen LogP contribution in [0, 0.1) is 0 Å². The molecule has 2 fully saturated rings. The number of sulfonamides is 1. The standard InChI is InChI=1S/C15H22N2O4S2/c18-15(17-6-8-21-9-7-17)12-10-14(22-11-12)23(19,20)16-13-4-2-1-3-5-13/h10-11,13,16H,1-9H2.